The van der Waals surface area contributed by atoms with Gasteiger partial charge in [0.25, 0.3) is 0 Å². The van der Waals surface area contributed by atoms with Gasteiger partial charge in [-0.2, -0.15) is 0 Å². The first-order valence-corrected chi connectivity index (χ1v) is 6.43. The van der Waals surface area contributed by atoms with E-state index in [9.17, 15) is 5.11 Å². The Labute approximate surface area is 120 Å². The van der Waals surface area contributed by atoms with E-state index in [2.05, 4.69) is 4.98 Å². The van der Waals surface area contributed by atoms with Crippen molar-refractivity contribution in [3.8, 4) is 0 Å². The monoisotopic (exact) mass is 301 g/mol. The Morgan fingerprint density at radius 3 is 2.61 bits per heavy atom. The van der Waals surface area contributed by atoms with E-state index >= 15 is 0 Å². The molecule has 0 spiro atoms. The average molecular weight is 303 g/mol. The van der Waals surface area contributed by atoms with Crippen molar-refractivity contribution in [3.05, 3.63) is 62.9 Å². The summed E-state index contributed by atoms with van der Waals surface area (Å²) in [7, 11) is 0. The quantitative estimate of drug-likeness (QED) is 0.916. The molecule has 1 unspecified atom stereocenters. The molecule has 0 aliphatic heterocycles. The van der Waals surface area contributed by atoms with Gasteiger partial charge >= 0.3 is 0 Å². The van der Waals surface area contributed by atoms with E-state index in [4.69, 9.17) is 34.8 Å². The molecular formula is C13H10Cl3NO. The number of rotatable bonds is 3. The first-order chi connectivity index (χ1) is 8.59. The van der Waals surface area contributed by atoms with Crippen LogP contribution in [0.3, 0.4) is 0 Å². The number of halogens is 3. The Morgan fingerprint density at radius 2 is 1.89 bits per heavy atom. The van der Waals surface area contributed by atoms with E-state index < -0.39 is 6.10 Å². The fraction of sp³-hybridized carbons (Fsp3) is 0.154. The Morgan fingerprint density at radius 1 is 1.11 bits per heavy atom. The zero-order valence-electron chi connectivity index (χ0n) is 9.28. The summed E-state index contributed by atoms with van der Waals surface area (Å²) < 4.78 is 0. The van der Waals surface area contributed by atoms with Crippen LogP contribution in [-0.4, -0.2) is 10.1 Å². The predicted octanol–water partition coefficient (Wildman–Crippen LogP) is 4.32. The van der Waals surface area contributed by atoms with Crippen LogP contribution < -0.4 is 0 Å². The molecule has 1 heterocycles. The summed E-state index contributed by atoms with van der Waals surface area (Å²) in [5, 5.41) is 11.5. The van der Waals surface area contributed by atoms with Gasteiger partial charge in [-0.3, -0.25) is 4.98 Å². The lowest BCUT2D eigenvalue weighted by atomic mass is 10.0. The molecule has 0 saturated heterocycles. The zero-order valence-corrected chi connectivity index (χ0v) is 11.5. The molecule has 1 N–H and O–H groups in total. The topological polar surface area (TPSA) is 33.1 Å². The molecule has 94 valence electrons. The first-order valence-electron chi connectivity index (χ1n) is 5.30. The average Bonchev–Trinajstić information content (AvgIpc) is 2.35. The number of aliphatic hydroxyl groups excluding tert-OH is 1. The summed E-state index contributed by atoms with van der Waals surface area (Å²) in [5.41, 5.74) is 1.41. The molecule has 2 nitrogen and oxygen atoms in total. The maximum Gasteiger partial charge on any atom is 0.0845 e. The fourth-order valence-electron chi connectivity index (χ4n) is 1.67. The predicted molar refractivity (Wildman–Crippen MR) is 74.4 cm³/mol. The van der Waals surface area contributed by atoms with Crippen molar-refractivity contribution in [1.29, 1.82) is 0 Å². The van der Waals surface area contributed by atoms with Gasteiger partial charge in [-0.25, -0.2) is 0 Å². The van der Waals surface area contributed by atoms with Crippen LogP contribution in [0.25, 0.3) is 0 Å². The molecule has 2 aromatic rings. The molecule has 0 bridgehead atoms. The summed E-state index contributed by atoms with van der Waals surface area (Å²) in [6.45, 7) is 0. The summed E-state index contributed by atoms with van der Waals surface area (Å²) in [5.74, 6) is 0. The fourth-order valence-corrected chi connectivity index (χ4v) is 2.30. The van der Waals surface area contributed by atoms with Gasteiger partial charge in [-0.05, 0) is 17.7 Å². The van der Waals surface area contributed by atoms with E-state index in [-0.39, 0.29) is 0 Å². The number of hydrogen-bond donors (Lipinski definition) is 1. The second-order valence-corrected chi connectivity index (χ2v) is 5.02. The smallest absolute Gasteiger partial charge is 0.0845 e. The molecule has 0 aliphatic carbocycles. The van der Waals surface area contributed by atoms with Gasteiger partial charge < -0.3 is 5.11 Å². The Kier molecular flexibility index (Phi) is 4.46. The van der Waals surface area contributed by atoms with E-state index in [1.54, 1.807) is 36.7 Å². The lowest BCUT2D eigenvalue weighted by Gasteiger charge is -2.14. The van der Waals surface area contributed by atoms with Crippen molar-refractivity contribution in [3.63, 3.8) is 0 Å². The van der Waals surface area contributed by atoms with Gasteiger partial charge in [-0.1, -0.05) is 46.9 Å². The molecule has 0 radical (unpaired) electrons. The van der Waals surface area contributed by atoms with Crippen LogP contribution in [0.5, 0.6) is 0 Å². The van der Waals surface area contributed by atoms with Crippen LogP contribution in [0.4, 0.5) is 0 Å². The normalized spacial score (nSPS) is 12.4. The van der Waals surface area contributed by atoms with E-state index in [1.165, 1.54) is 0 Å². The second-order valence-electron chi connectivity index (χ2n) is 3.83. The van der Waals surface area contributed by atoms with Gasteiger partial charge in [-0.15, -0.1) is 0 Å². The zero-order chi connectivity index (χ0) is 13.1. The minimum atomic E-state index is -0.754. The Balaban J connectivity index is 2.25. The van der Waals surface area contributed by atoms with E-state index in [0.717, 1.165) is 5.56 Å². The van der Waals surface area contributed by atoms with E-state index in [0.29, 0.717) is 27.1 Å². The number of hydrogen-bond acceptors (Lipinski definition) is 2. The minimum absolute atomic E-state index is 0.363. The van der Waals surface area contributed by atoms with Gasteiger partial charge in [0.1, 0.15) is 0 Å². The van der Waals surface area contributed by atoms with Crippen LogP contribution in [0, 0.1) is 0 Å². The van der Waals surface area contributed by atoms with Gasteiger partial charge in [0.15, 0.2) is 0 Å². The maximum absolute atomic E-state index is 10.2. The van der Waals surface area contributed by atoms with Crippen LogP contribution in [0.15, 0.2) is 36.7 Å². The number of benzene rings is 1. The van der Waals surface area contributed by atoms with Crippen molar-refractivity contribution in [2.45, 2.75) is 12.5 Å². The highest BCUT2D eigenvalue weighted by Gasteiger charge is 2.15. The van der Waals surface area contributed by atoms with Crippen molar-refractivity contribution in [2.24, 2.45) is 0 Å². The molecule has 2 rings (SSSR count). The molecule has 0 saturated carbocycles. The number of nitrogens with zero attached hydrogens (tertiary/aromatic N) is 1. The van der Waals surface area contributed by atoms with Crippen molar-refractivity contribution < 1.29 is 5.11 Å². The highest BCUT2D eigenvalue weighted by atomic mass is 35.5. The molecule has 0 amide bonds. The standard InChI is InChI=1S/C13H10Cl3NO/c14-10-3-1-2-9(13(10)16)12(18)6-8-4-5-17-7-11(8)15/h1-5,7,12,18H,6H2. The minimum Gasteiger partial charge on any atom is -0.388 e. The summed E-state index contributed by atoms with van der Waals surface area (Å²) in [4.78, 5) is 3.90. The maximum atomic E-state index is 10.2. The molecule has 0 aliphatic rings. The van der Waals surface area contributed by atoms with Crippen LogP contribution in [0.1, 0.15) is 17.2 Å². The van der Waals surface area contributed by atoms with Gasteiger partial charge in [0.05, 0.1) is 21.2 Å². The SMILES string of the molecule is OC(Cc1ccncc1Cl)c1cccc(Cl)c1Cl. The lowest BCUT2D eigenvalue weighted by Crippen LogP contribution is -2.03. The summed E-state index contributed by atoms with van der Waals surface area (Å²) in [6.07, 6.45) is 2.79. The van der Waals surface area contributed by atoms with Crippen LogP contribution in [0.2, 0.25) is 15.1 Å². The molecule has 0 fully saturated rings. The van der Waals surface area contributed by atoms with E-state index in [1.807, 2.05) is 0 Å². The van der Waals surface area contributed by atoms with Gasteiger partial charge in [0, 0.05) is 24.4 Å². The van der Waals surface area contributed by atoms with Crippen LogP contribution >= 0.6 is 34.8 Å². The number of aliphatic hydroxyl groups is 1. The van der Waals surface area contributed by atoms with Gasteiger partial charge in [0.2, 0.25) is 0 Å². The first kappa shape index (κ1) is 13.6. The molecule has 18 heavy (non-hydrogen) atoms. The van der Waals surface area contributed by atoms with Crippen molar-refractivity contribution in [1.82, 2.24) is 4.98 Å². The third-order valence-corrected chi connectivity index (χ3v) is 3.78. The van der Waals surface area contributed by atoms with Crippen LogP contribution in [-0.2, 0) is 6.42 Å². The molecule has 5 heteroatoms. The highest BCUT2D eigenvalue weighted by Crippen LogP contribution is 2.32. The van der Waals surface area contributed by atoms with Crippen molar-refractivity contribution >= 4 is 34.8 Å². The lowest BCUT2D eigenvalue weighted by molar-refractivity contribution is 0.178. The Hall–Kier alpha value is -0.800. The summed E-state index contributed by atoms with van der Waals surface area (Å²) in [6, 6.07) is 6.94. The second kappa shape index (κ2) is 5.89. The molecule has 1 aromatic carbocycles. The molecular weight excluding hydrogens is 293 g/mol. The summed E-state index contributed by atoms with van der Waals surface area (Å²) >= 11 is 18.0. The third kappa shape index (κ3) is 2.96. The molecule has 1 atom stereocenters. The van der Waals surface area contributed by atoms with Crippen molar-refractivity contribution in [2.75, 3.05) is 0 Å². The third-order valence-electron chi connectivity index (χ3n) is 2.61. The Bertz CT molecular complexity index is 560. The highest BCUT2D eigenvalue weighted by molar-refractivity contribution is 6.42. The number of aromatic nitrogens is 1. The molecule has 1 aromatic heterocycles. The largest absolute Gasteiger partial charge is 0.388 e. The number of pyridine rings is 1.